The smallest absolute Gasteiger partial charge is 0.313 e. The molecule has 0 fully saturated rings. The molecule has 0 atom stereocenters. The van der Waals surface area contributed by atoms with Crippen molar-refractivity contribution in [3.63, 3.8) is 0 Å². The maximum atomic E-state index is 10.3. The Balaban J connectivity index is 2.49. The van der Waals surface area contributed by atoms with E-state index >= 15 is 0 Å². The minimum atomic E-state index is -0.812. The number of hydrogen-bond acceptors (Lipinski definition) is 3. The summed E-state index contributed by atoms with van der Waals surface area (Å²) in [4.78, 5) is 11.3. The average molecular weight is 221 g/mol. The highest BCUT2D eigenvalue weighted by Gasteiger charge is 1.99. The van der Waals surface area contributed by atoms with E-state index in [1.165, 1.54) is 11.8 Å². The lowest BCUT2D eigenvalue weighted by Crippen LogP contribution is -1.97. The molecule has 1 rings (SSSR count). The van der Waals surface area contributed by atoms with Crippen LogP contribution in [0.5, 0.6) is 0 Å². The van der Waals surface area contributed by atoms with Gasteiger partial charge in [0.15, 0.2) is 0 Å². The summed E-state index contributed by atoms with van der Waals surface area (Å²) in [6.07, 6.45) is 1.27. The molecule has 1 aromatic carbocycles. The molecule has 0 aromatic heterocycles. The Bertz CT molecular complexity index is 367. The number of hydrogen-bond donors (Lipinski definition) is 1. The number of carboxylic acid groups (broad SMARTS) is 1. The molecule has 0 amide bonds. The Morgan fingerprint density at radius 3 is 2.60 bits per heavy atom. The Labute approximate surface area is 92.7 Å². The number of carbonyl (C=O) groups is 1. The molecule has 1 N–H and O–H groups in total. The second kappa shape index (κ2) is 6.10. The van der Waals surface area contributed by atoms with Crippen molar-refractivity contribution in [3.8, 4) is 6.07 Å². The van der Waals surface area contributed by atoms with Crippen molar-refractivity contribution in [2.24, 2.45) is 0 Å². The van der Waals surface area contributed by atoms with E-state index in [9.17, 15) is 4.79 Å². The van der Waals surface area contributed by atoms with Crippen molar-refractivity contribution in [1.82, 2.24) is 0 Å². The largest absolute Gasteiger partial charge is 0.481 e. The van der Waals surface area contributed by atoms with Crippen LogP contribution < -0.4 is 0 Å². The van der Waals surface area contributed by atoms with Gasteiger partial charge in [-0.15, -0.1) is 11.8 Å². The van der Waals surface area contributed by atoms with Crippen LogP contribution in [-0.2, 0) is 11.2 Å². The summed E-state index contributed by atoms with van der Waals surface area (Å²) in [5, 5.41) is 16.9. The monoisotopic (exact) mass is 221 g/mol. The van der Waals surface area contributed by atoms with E-state index in [4.69, 9.17) is 10.4 Å². The predicted octanol–water partition coefficient (Wildman–Crippen LogP) is 2.32. The Hall–Kier alpha value is -1.47. The van der Waals surface area contributed by atoms with Gasteiger partial charge in [-0.25, -0.2) is 0 Å². The number of rotatable bonds is 5. The third kappa shape index (κ3) is 4.52. The third-order valence-electron chi connectivity index (χ3n) is 1.81. The molecule has 78 valence electrons. The molecule has 0 saturated carbocycles. The standard InChI is InChI=1S/C11H11NO2S/c12-7-1-2-9-3-5-10(6-4-9)15-8-11(13)14/h3-6H,1-2,8H2,(H,13,14). The van der Waals surface area contributed by atoms with Gasteiger partial charge in [-0.2, -0.15) is 5.26 Å². The third-order valence-corrected chi connectivity index (χ3v) is 2.81. The second-order valence-electron chi connectivity index (χ2n) is 2.98. The first-order valence-electron chi connectivity index (χ1n) is 4.53. The first kappa shape index (κ1) is 11.6. The average Bonchev–Trinajstić information content (AvgIpc) is 2.25. The number of aryl methyl sites for hydroxylation is 1. The van der Waals surface area contributed by atoms with E-state index in [0.717, 1.165) is 16.9 Å². The number of nitriles is 1. The molecule has 3 nitrogen and oxygen atoms in total. The zero-order chi connectivity index (χ0) is 11.1. The predicted molar refractivity (Wildman–Crippen MR) is 58.7 cm³/mol. The maximum Gasteiger partial charge on any atom is 0.313 e. The number of aliphatic carboxylic acids is 1. The highest BCUT2D eigenvalue weighted by molar-refractivity contribution is 8.00. The molecule has 0 aliphatic rings. The van der Waals surface area contributed by atoms with Gasteiger partial charge in [0, 0.05) is 11.3 Å². The van der Waals surface area contributed by atoms with Crippen molar-refractivity contribution in [3.05, 3.63) is 29.8 Å². The van der Waals surface area contributed by atoms with E-state index < -0.39 is 5.97 Å². The van der Waals surface area contributed by atoms with E-state index in [1.54, 1.807) is 0 Å². The maximum absolute atomic E-state index is 10.3. The summed E-state index contributed by atoms with van der Waals surface area (Å²) < 4.78 is 0. The van der Waals surface area contributed by atoms with Crippen molar-refractivity contribution in [2.45, 2.75) is 17.7 Å². The molecule has 0 heterocycles. The molecule has 0 radical (unpaired) electrons. The van der Waals surface area contributed by atoms with Crippen LogP contribution in [0.15, 0.2) is 29.2 Å². The first-order chi connectivity index (χ1) is 7.22. The van der Waals surface area contributed by atoms with Gasteiger partial charge in [0.1, 0.15) is 0 Å². The van der Waals surface area contributed by atoms with Gasteiger partial charge in [0.25, 0.3) is 0 Å². The van der Waals surface area contributed by atoms with Crippen molar-refractivity contribution in [2.75, 3.05) is 5.75 Å². The summed E-state index contributed by atoms with van der Waals surface area (Å²) in [7, 11) is 0. The lowest BCUT2D eigenvalue weighted by atomic mass is 10.1. The highest BCUT2D eigenvalue weighted by Crippen LogP contribution is 2.18. The normalized spacial score (nSPS) is 9.53. The molecule has 4 heteroatoms. The molecular weight excluding hydrogens is 210 g/mol. The topological polar surface area (TPSA) is 61.1 Å². The van der Waals surface area contributed by atoms with Gasteiger partial charge >= 0.3 is 5.97 Å². The number of nitrogens with zero attached hydrogens (tertiary/aromatic N) is 1. The number of benzene rings is 1. The summed E-state index contributed by atoms with van der Waals surface area (Å²) in [6.45, 7) is 0. The summed E-state index contributed by atoms with van der Waals surface area (Å²) in [5.74, 6) is -0.731. The minimum Gasteiger partial charge on any atom is -0.481 e. The fraction of sp³-hybridized carbons (Fsp3) is 0.273. The Morgan fingerprint density at radius 1 is 1.40 bits per heavy atom. The molecular formula is C11H11NO2S. The zero-order valence-electron chi connectivity index (χ0n) is 8.14. The molecule has 0 spiro atoms. The number of thioether (sulfide) groups is 1. The first-order valence-corrected chi connectivity index (χ1v) is 5.51. The molecule has 0 bridgehead atoms. The van der Waals surface area contributed by atoms with Crippen LogP contribution in [0.4, 0.5) is 0 Å². The van der Waals surface area contributed by atoms with Gasteiger partial charge in [-0.3, -0.25) is 4.79 Å². The van der Waals surface area contributed by atoms with Gasteiger partial charge in [-0.1, -0.05) is 12.1 Å². The van der Waals surface area contributed by atoms with E-state index in [-0.39, 0.29) is 5.75 Å². The fourth-order valence-corrected chi connectivity index (χ4v) is 1.72. The SMILES string of the molecule is N#CCCc1ccc(SCC(=O)O)cc1. The Morgan fingerprint density at radius 2 is 2.07 bits per heavy atom. The van der Waals surface area contributed by atoms with Crippen LogP contribution in [-0.4, -0.2) is 16.8 Å². The van der Waals surface area contributed by atoms with E-state index in [2.05, 4.69) is 6.07 Å². The molecule has 15 heavy (non-hydrogen) atoms. The van der Waals surface area contributed by atoms with Crippen LogP contribution in [0, 0.1) is 11.3 Å². The van der Waals surface area contributed by atoms with Gasteiger partial charge in [0.05, 0.1) is 11.8 Å². The van der Waals surface area contributed by atoms with Crippen molar-refractivity contribution < 1.29 is 9.90 Å². The van der Waals surface area contributed by atoms with E-state index in [1.807, 2.05) is 24.3 Å². The summed E-state index contributed by atoms with van der Waals surface area (Å²) in [6, 6.07) is 9.73. The van der Waals surface area contributed by atoms with Gasteiger partial charge in [0.2, 0.25) is 0 Å². The quantitative estimate of drug-likeness (QED) is 0.775. The van der Waals surface area contributed by atoms with Crippen molar-refractivity contribution in [1.29, 1.82) is 5.26 Å². The molecule has 1 aromatic rings. The van der Waals surface area contributed by atoms with Crippen LogP contribution in [0.3, 0.4) is 0 Å². The lowest BCUT2D eigenvalue weighted by molar-refractivity contribution is -0.133. The van der Waals surface area contributed by atoms with Crippen LogP contribution in [0.1, 0.15) is 12.0 Å². The molecule has 0 unspecified atom stereocenters. The molecule has 0 saturated heterocycles. The van der Waals surface area contributed by atoms with Crippen LogP contribution in [0.25, 0.3) is 0 Å². The van der Waals surface area contributed by atoms with E-state index in [0.29, 0.717) is 6.42 Å². The lowest BCUT2D eigenvalue weighted by Gasteiger charge is -2.00. The number of carboxylic acids is 1. The van der Waals surface area contributed by atoms with Gasteiger partial charge in [-0.05, 0) is 24.1 Å². The second-order valence-corrected chi connectivity index (χ2v) is 4.03. The minimum absolute atomic E-state index is 0.0809. The van der Waals surface area contributed by atoms with Crippen LogP contribution >= 0.6 is 11.8 Å². The highest BCUT2D eigenvalue weighted by atomic mass is 32.2. The molecule has 0 aliphatic carbocycles. The van der Waals surface area contributed by atoms with Crippen LogP contribution in [0.2, 0.25) is 0 Å². The molecule has 0 aliphatic heterocycles. The summed E-state index contributed by atoms with van der Waals surface area (Å²) in [5.41, 5.74) is 1.11. The summed E-state index contributed by atoms with van der Waals surface area (Å²) >= 11 is 1.30. The van der Waals surface area contributed by atoms with Gasteiger partial charge < -0.3 is 5.11 Å². The van der Waals surface area contributed by atoms with Crippen molar-refractivity contribution >= 4 is 17.7 Å². The fourth-order valence-electron chi connectivity index (χ4n) is 1.10. The zero-order valence-corrected chi connectivity index (χ0v) is 8.96. The Kier molecular flexibility index (Phi) is 4.72.